The summed E-state index contributed by atoms with van der Waals surface area (Å²) in [5.41, 5.74) is 0. The number of nitrogens with zero attached hydrogens (tertiary/aromatic N) is 2. The lowest BCUT2D eigenvalue weighted by Crippen LogP contribution is -2.19. The highest BCUT2D eigenvalue weighted by atomic mass is 16.6. The molecule has 0 amide bonds. The number of rotatable bonds is 28. The highest BCUT2D eigenvalue weighted by Crippen LogP contribution is 2.29. The Morgan fingerprint density at radius 3 is 1.44 bits per heavy atom. The molecule has 0 aliphatic carbocycles. The van der Waals surface area contributed by atoms with Crippen LogP contribution in [-0.2, 0) is 42.8 Å². The summed E-state index contributed by atoms with van der Waals surface area (Å²) in [5.74, 6) is -0.245. The Morgan fingerprint density at radius 2 is 1.06 bits per heavy atom. The fourth-order valence-electron chi connectivity index (χ4n) is 4.30. The van der Waals surface area contributed by atoms with Crippen molar-refractivity contribution in [2.45, 2.75) is 65.2 Å². The molecular formula is C34H56N2O14. The molecule has 2 atom stereocenters. The molecule has 0 saturated carbocycles. The molecule has 16 heteroatoms. The molecule has 2 unspecified atom stereocenters. The van der Waals surface area contributed by atoms with Crippen LogP contribution in [-0.4, -0.2) is 121 Å². The maximum atomic E-state index is 11.8. The van der Waals surface area contributed by atoms with E-state index >= 15 is 0 Å². The van der Waals surface area contributed by atoms with E-state index in [4.69, 9.17) is 52.0 Å². The van der Waals surface area contributed by atoms with Gasteiger partial charge in [-0.05, 0) is 41.4 Å². The summed E-state index contributed by atoms with van der Waals surface area (Å²) in [6.45, 7) is 12.3. The minimum Gasteiger partial charge on any atom is -0.473 e. The van der Waals surface area contributed by atoms with Crippen LogP contribution in [0.2, 0.25) is 0 Å². The van der Waals surface area contributed by atoms with Crippen LogP contribution in [0.4, 0.5) is 0 Å². The van der Waals surface area contributed by atoms with Gasteiger partial charge in [0.05, 0.1) is 53.9 Å². The molecule has 2 aromatic heterocycles. The van der Waals surface area contributed by atoms with Gasteiger partial charge in [0.25, 0.3) is 11.8 Å². The summed E-state index contributed by atoms with van der Waals surface area (Å²) in [7, 11) is 2.69. The molecule has 0 aliphatic heterocycles. The number of unbranched alkanes of at least 4 members (excludes halogenated alkanes) is 2. The van der Waals surface area contributed by atoms with Gasteiger partial charge in [0, 0.05) is 38.4 Å². The van der Waals surface area contributed by atoms with Gasteiger partial charge >= 0.3 is 11.9 Å². The first-order chi connectivity index (χ1) is 24.2. The Hall–Kier alpha value is -3.57. The van der Waals surface area contributed by atoms with Gasteiger partial charge in [0.1, 0.15) is 31.3 Å². The molecule has 0 aliphatic rings. The number of aromatic nitrogens is 2. The van der Waals surface area contributed by atoms with Crippen LogP contribution in [0.15, 0.2) is 21.2 Å². The first kappa shape index (κ1) is 44.5. The number of aliphatic hydroxyl groups is 1. The summed E-state index contributed by atoms with van der Waals surface area (Å²) in [6, 6.07) is 3.20. The Kier molecular flexibility index (Phi) is 25.0. The minimum atomic E-state index is -0.512. The molecule has 2 aromatic rings. The zero-order valence-corrected chi connectivity index (χ0v) is 30.3. The third kappa shape index (κ3) is 19.0. The van der Waals surface area contributed by atoms with Crippen LogP contribution in [0.5, 0.6) is 11.8 Å². The van der Waals surface area contributed by atoms with Gasteiger partial charge in [0.15, 0.2) is 11.5 Å². The van der Waals surface area contributed by atoms with Crippen LogP contribution in [0.1, 0.15) is 76.7 Å². The third-order valence-corrected chi connectivity index (χ3v) is 6.88. The van der Waals surface area contributed by atoms with Crippen molar-refractivity contribution < 1.29 is 66.4 Å². The first-order valence-corrected chi connectivity index (χ1v) is 16.9. The third-order valence-electron chi connectivity index (χ3n) is 6.88. The summed E-state index contributed by atoms with van der Waals surface area (Å²) >= 11 is 0. The minimum absolute atomic E-state index is 0.0168. The van der Waals surface area contributed by atoms with E-state index in [1.54, 1.807) is 12.1 Å². The van der Waals surface area contributed by atoms with Crippen molar-refractivity contribution in [2.24, 2.45) is 11.8 Å². The summed E-state index contributed by atoms with van der Waals surface area (Å²) in [4.78, 5) is 33.7. The van der Waals surface area contributed by atoms with Crippen LogP contribution in [0.25, 0.3) is 0 Å². The second-order valence-corrected chi connectivity index (χ2v) is 11.5. The molecule has 286 valence electrons. The zero-order chi connectivity index (χ0) is 37.0. The number of aldehydes is 1. The van der Waals surface area contributed by atoms with E-state index < -0.39 is 11.8 Å². The molecule has 0 aromatic carbocycles. The second-order valence-electron chi connectivity index (χ2n) is 11.5. The van der Waals surface area contributed by atoms with Crippen molar-refractivity contribution in [1.29, 1.82) is 0 Å². The number of methoxy groups -OCH3 is 2. The molecule has 0 saturated heterocycles. The van der Waals surface area contributed by atoms with Crippen molar-refractivity contribution >= 4 is 18.2 Å². The van der Waals surface area contributed by atoms with Gasteiger partial charge in [0.2, 0.25) is 0 Å². The van der Waals surface area contributed by atoms with Crippen molar-refractivity contribution in [3.63, 3.8) is 0 Å². The van der Waals surface area contributed by atoms with Crippen molar-refractivity contribution in [1.82, 2.24) is 10.3 Å². The van der Waals surface area contributed by atoms with Crippen molar-refractivity contribution in [3.8, 4) is 11.8 Å². The zero-order valence-electron chi connectivity index (χ0n) is 30.3. The molecule has 16 nitrogen and oxygen atoms in total. The van der Waals surface area contributed by atoms with Crippen molar-refractivity contribution in [2.75, 3.05) is 86.9 Å². The van der Waals surface area contributed by atoms with Crippen LogP contribution >= 0.6 is 0 Å². The molecule has 0 spiro atoms. The number of esters is 2. The predicted octanol–water partition coefficient (Wildman–Crippen LogP) is 3.75. The van der Waals surface area contributed by atoms with Gasteiger partial charge in [-0.25, -0.2) is 0 Å². The average molecular weight is 717 g/mol. The van der Waals surface area contributed by atoms with Crippen molar-refractivity contribution in [3.05, 3.63) is 23.7 Å². The number of carbonyl (C=O) groups is 3. The van der Waals surface area contributed by atoms with Gasteiger partial charge in [-0.3, -0.25) is 9.59 Å². The number of aliphatic hydroxyl groups excluding tert-OH is 1. The molecule has 1 N–H and O–H groups in total. The topological polar surface area (TPSA) is 197 Å². The van der Waals surface area contributed by atoms with E-state index in [1.807, 2.05) is 27.7 Å². The van der Waals surface area contributed by atoms with Gasteiger partial charge in [-0.15, -0.1) is 0 Å². The lowest BCUT2D eigenvalue weighted by atomic mass is 9.93. The van der Waals surface area contributed by atoms with E-state index in [0.717, 1.165) is 25.5 Å². The Morgan fingerprint density at radius 1 is 0.660 bits per heavy atom. The fraction of sp³-hybridized carbons (Fsp3) is 0.735. The SMILES string of the molecule is COC(=O)C(c1cc(OCCOCCOCCCC=O)no1)C(C)C.COC(=O)C(c1cc(OCCOCCOCCCCO)no1)C(C)C. The van der Waals surface area contributed by atoms with Crippen LogP contribution in [0, 0.1) is 11.8 Å². The standard InChI is InChI=1S/C17H29NO7.C17H27NO7/c2*1-13(2)16(17(20)21-3)14-12-15(18-25-14)24-11-10-23-9-8-22-7-5-4-6-19/h12-13,16,19H,4-11H2,1-3H3;6,12-13,16H,4-5,7-11H2,1-3H3. The second kappa shape index (κ2) is 28.2. The fourth-order valence-corrected chi connectivity index (χ4v) is 4.30. The molecule has 0 fully saturated rings. The predicted molar refractivity (Wildman–Crippen MR) is 178 cm³/mol. The first-order valence-electron chi connectivity index (χ1n) is 16.9. The number of carbonyl (C=O) groups excluding carboxylic acids is 3. The lowest BCUT2D eigenvalue weighted by molar-refractivity contribution is -0.145. The average Bonchev–Trinajstić information content (AvgIpc) is 3.76. The lowest BCUT2D eigenvalue weighted by Gasteiger charge is -2.14. The van der Waals surface area contributed by atoms with E-state index in [2.05, 4.69) is 10.3 Å². The van der Waals surface area contributed by atoms with Gasteiger partial charge in [-0.2, -0.15) is 0 Å². The Bertz CT molecular complexity index is 1150. The molecule has 0 radical (unpaired) electrons. The molecular weight excluding hydrogens is 660 g/mol. The smallest absolute Gasteiger partial charge is 0.316 e. The largest absolute Gasteiger partial charge is 0.473 e. The summed E-state index contributed by atoms with van der Waals surface area (Å²) in [6.07, 6.45) is 3.71. The Balaban J connectivity index is 0.000000500. The summed E-state index contributed by atoms with van der Waals surface area (Å²) in [5, 5.41) is 16.2. The molecule has 2 heterocycles. The molecule has 2 rings (SSSR count). The van der Waals surface area contributed by atoms with Crippen LogP contribution < -0.4 is 9.47 Å². The van der Waals surface area contributed by atoms with Gasteiger partial charge in [-0.1, -0.05) is 27.7 Å². The number of hydrogen-bond acceptors (Lipinski definition) is 16. The summed E-state index contributed by atoms with van der Waals surface area (Å²) < 4.78 is 52.2. The van der Waals surface area contributed by atoms with Gasteiger partial charge < -0.3 is 56.8 Å². The highest BCUT2D eigenvalue weighted by molar-refractivity contribution is 5.78. The van der Waals surface area contributed by atoms with E-state index in [0.29, 0.717) is 95.8 Å². The highest BCUT2D eigenvalue weighted by Gasteiger charge is 2.30. The number of ether oxygens (including phenoxy) is 8. The Labute approximate surface area is 294 Å². The monoisotopic (exact) mass is 716 g/mol. The normalized spacial score (nSPS) is 12.3. The molecule has 0 bridgehead atoms. The van der Waals surface area contributed by atoms with E-state index in [9.17, 15) is 14.4 Å². The maximum absolute atomic E-state index is 11.8. The maximum Gasteiger partial charge on any atom is 0.316 e. The van der Waals surface area contributed by atoms with Crippen LogP contribution in [0.3, 0.4) is 0 Å². The number of hydrogen-bond donors (Lipinski definition) is 1. The quantitative estimate of drug-likeness (QED) is 0.0758. The van der Waals surface area contributed by atoms with E-state index in [-0.39, 0.29) is 30.4 Å². The van der Waals surface area contributed by atoms with E-state index in [1.165, 1.54) is 14.2 Å². The molecule has 50 heavy (non-hydrogen) atoms.